The second-order valence-electron chi connectivity index (χ2n) is 5.71. The third-order valence-corrected chi connectivity index (χ3v) is 4.24. The number of nitrogens with zero attached hydrogens (tertiary/aromatic N) is 2. The van der Waals surface area contributed by atoms with Gasteiger partial charge in [-0.15, -0.1) is 0 Å². The van der Waals surface area contributed by atoms with E-state index in [1.165, 1.54) is 0 Å². The molecule has 0 atom stereocenters. The van der Waals surface area contributed by atoms with Crippen molar-refractivity contribution < 1.29 is 18.8 Å². The van der Waals surface area contributed by atoms with Crippen LogP contribution >= 0.6 is 0 Å². The lowest BCUT2D eigenvalue weighted by atomic mass is 9.96. The Morgan fingerprint density at radius 3 is 2.55 bits per heavy atom. The van der Waals surface area contributed by atoms with E-state index in [1.807, 2.05) is 25.7 Å². The number of carbonyl (C=O) groups is 2. The minimum atomic E-state index is -0.134. The van der Waals surface area contributed by atoms with E-state index in [-0.39, 0.29) is 17.8 Å². The van der Waals surface area contributed by atoms with Gasteiger partial charge in [0, 0.05) is 25.1 Å². The lowest BCUT2D eigenvalue weighted by Gasteiger charge is -2.31. The highest BCUT2D eigenvalue weighted by Gasteiger charge is 2.28. The van der Waals surface area contributed by atoms with Crippen LogP contribution in [0.2, 0.25) is 0 Å². The zero-order valence-electron chi connectivity index (χ0n) is 13.6. The van der Waals surface area contributed by atoms with Crippen LogP contribution in [-0.2, 0) is 20.7 Å². The number of carbonyl (C=O) groups excluding carboxylic acids is 2. The zero-order valence-corrected chi connectivity index (χ0v) is 13.6. The maximum absolute atomic E-state index is 12.3. The Balaban J connectivity index is 1.79. The molecule has 2 heterocycles. The van der Waals surface area contributed by atoms with Crippen molar-refractivity contribution in [3.8, 4) is 0 Å². The number of piperidine rings is 1. The van der Waals surface area contributed by atoms with Crippen molar-refractivity contribution in [1.82, 2.24) is 10.1 Å². The van der Waals surface area contributed by atoms with Gasteiger partial charge >= 0.3 is 5.97 Å². The van der Waals surface area contributed by atoms with Gasteiger partial charge in [-0.05, 0) is 40.0 Å². The number of ether oxygens (including phenoxy) is 1. The molecule has 1 aromatic heterocycles. The number of amides is 1. The Morgan fingerprint density at radius 2 is 2.00 bits per heavy atom. The van der Waals surface area contributed by atoms with Crippen LogP contribution < -0.4 is 0 Å². The monoisotopic (exact) mass is 308 g/mol. The molecule has 0 radical (unpaired) electrons. The van der Waals surface area contributed by atoms with Crippen LogP contribution in [0.25, 0.3) is 0 Å². The standard InChI is InChI=1S/C16H24N2O4/c1-4-21-16(20)13-7-9-18(10-8-13)15(19)6-5-14-11(2)17-22-12(14)3/h13H,4-10H2,1-3H3. The number of aryl methyl sites for hydroxylation is 2. The maximum Gasteiger partial charge on any atom is 0.309 e. The number of hydrogen-bond donors (Lipinski definition) is 0. The summed E-state index contributed by atoms with van der Waals surface area (Å²) in [5.74, 6) is 0.713. The third-order valence-electron chi connectivity index (χ3n) is 4.24. The van der Waals surface area contributed by atoms with Gasteiger partial charge in [0.25, 0.3) is 0 Å². The van der Waals surface area contributed by atoms with Crippen molar-refractivity contribution in [1.29, 1.82) is 0 Å². The molecule has 0 aliphatic carbocycles. The number of rotatable bonds is 5. The minimum Gasteiger partial charge on any atom is -0.466 e. The molecule has 0 spiro atoms. The highest BCUT2D eigenvalue weighted by Crippen LogP contribution is 2.20. The Kier molecular flexibility index (Phi) is 5.57. The minimum absolute atomic E-state index is 0.0634. The highest BCUT2D eigenvalue weighted by atomic mass is 16.5. The summed E-state index contributed by atoms with van der Waals surface area (Å²) in [5, 5.41) is 3.90. The van der Waals surface area contributed by atoms with Gasteiger partial charge in [-0.25, -0.2) is 0 Å². The molecule has 1 aromatic rings. The molecule has 0 N–H and O–H groups in total. The average Bonchev–Trinajstić information content (AvgIpc) is 2.84. The molecular formula is C16H24N2O4. The molecular weight excluding hydrogens is 284 g/mol. The van der Waals surface area contributed by atoms with Crippen molar-refractivity contribution >= 4 is 11.9 Å². The van der Waals surface area contributed by atoms with Gasteiger partial charge in [0.05, 0.1) is 18.2 Å². The van der Waals surface area contributed by atoms with Crippen molar-refractivity contribution in [2.75, 3.05) is 19.7 Å². The summed E-state index contributed by atoms with van der Waals surface area (Å²) >= 11 is 0. The number of aromatic nitrogens is 1. The van der Waals surface area contributed by atoms with Crippen LogP contribution in [0.15, 0.2) is 4.52 Å². The zero-order chi connectivity index (χ0) is 16.1. The average molecular weight is 308 g/mol. The smallest absolute Gasteiger partial charge is 0.309 e. The number of esters is 1. The van der Waals surface area contributed by atoms with Crippen molar-refractivity contribution in [2.24, 2.45) is 5.92 Å². The first-order chi connectivity index (χ1) is 10.5. The van der Waals surface area contributed by atoms with Gasteiger partial charge in [-0.2, -0.15) is 0 Å². The lowest BCUT2D eigenvalue weighted by Crippen LogP contribution is -2.40. The van der Waals surface area contributed by atoms with Crippen LogP contribution in [0, 0.1) is 19.8 Å². The SMILES string of the molecule is CCOC(=O)C1CCN(C(=O)CCc2c(C)noc2C)CC1. The number of hydrogen-bond acceptors (Lipinski definition) is 5. The molecule has 1 amide bonds. The predicted octanol–water partition coefficient (Wildman–Crippen LogP) is 2.03. The van der Waals surface area contributed by atoms with E-state index in [4.69, 9.17) is 9.26 Å². The Hall–Kier alpha value is -1.85. The van der Waals surface area contributed by atoms with E-state index in [1.54, 1.807) is 0 Å². The van der Waals surface area contributed by atoms with Gasteiger partial charge in [-0.3, -0.25) is 9.59 Å². The molecule has 1 saturated heterocycles. The summed E-state index contributed by atoms with van der Waals surface area (Å²) < 4.78 is 10.2. The van der Waals surface area contributed by atoms with E-state index in [0.29, 0.717) is 45.4 Å². The van der Waals surface area contributed by atoms with E-state index in [0.717, 1.165) is 17.0 Å². The van der Waals surface area contributed by atoms with E-state index in [2.05, 4.69) is 5.16 Å². The van der Waals surface area contributed by atoms with Crippen LogP contribution in [0.3, 0.4) is 0 Å². The van der Waals surface area contributed by atoms with Crippen LogP contribution in [-0.4, -0.2) is 41.6 Å². The second kappa shape index (κ2) is 7.42. The first kappa shape index (κ1) is 16.5. The molecule has 6 nitrogen and oxygen atoms in total. The van der Waals surface area contributed by atoms with Gasteiger partial charge in [0.15, 0.2) is 0 Å². The summed E-state index contributed by atoms with van der Waals surface area (Å²) in [5.41, 5.74) is 1.88. The van der Waals surface area contributed by atoms with Crippen LogP contribution in [0.1, 0.15) is 43.2 Å². The van der Waals surface area contributed by atoms with Gasteiger partial charge in [0.2, 0.25) is 5.91 Å². The van der Waals surface area contributed by atoms with Crippen LogP contribution in [0.5, 0.6) is 0 Å². The summed E-state index contributed by atoms with van der Waals surface area (Å²) in [6.45, 7) is 7.24. The molecule has 0 saturated carbocycles. The molecule has 1 aliphatic heterocycles. The van der Waals surface area contributed by atoms with E-state index < -0.39 is 0 Å². The summed E-state index contributed by atoms with van der Waals surface area (Å²) in [6, 6.07) is 0. The maximum atomic E-state index is 12.3. The fourth-order valence-corrected chi connectivity index (χ4v) is 2.87. The van der Waals surface area contributed by atoms with Gasteiger partial charge in [-0.1, -0.05) is 5.16 Å². The molecule has 2 rings (SSSR count). The summed E-state index contributed by atoms with van der Waals surface area (Å²) in [4.78, 5) is 25.8. The Bertz CT molecular complexity index is 511. The number of likely N-dealkylation sites (tertiary alicyclic amines) is 1. The fourth-order valence-electron chi connectivity index (χ4n) is 2.87. The molecule has 0 aromatic carbocycles. The fraction of sp³-hybridized carbons (Fsp3) is 0.688. The Labute approximate surface area is 130 Å². The van der Waals surface area contributed by atoms with Crippen molar-refractivity contribution in [2.45, 2.75) is 46.5 Å². The second-order valence-corrected chi connectivity index (χ2v) is 5.71. The molecule has 0 bridgehead atoms. The normalized spacial score (nSPS) is 15.9. The van der Waals surface area contributed by atoms with Gasteiger partial charge in [0.1, 0.15) is 5.76 Å². The highest BCUT2D eigenvalue weighted by molar-refractivity contribution is 5.77. The lowest BCUT2D eigenvalue weighted by molar-refractivity contribution is -0.151. The first-order valence-corrected chi connectivity index (χ1v) is 7.89. The summed E-state index contributed by atoms with van der Waals surface area (Å²) in [7, 11) is 0. The van der Waals surface area contributed by atoms with Gasteiger partial charge < -0.3 is 14.2 Å². The largest absolute Gasteiger partial charge is 0.466 e. The first-order valence-electron chi connectivity index (χ1n) is 7.89. The molecule has 1 fully saturated rings. The summed E-state index contributed by atoms with van der Waals surface area (Å²) in [6.07, 6.45) is 2.48. The Morgan fingerprint density at radius 1 is 1.32 bits per heavy atom. The molecule has 6 heteroatoms. The van der Waals surface area contributed by atoms with E-state index in [9.17, 15) is 9.59 Å². The van der Waals surface area contributed by atoms with Crippen LogP contribution in [0.4, 0.5) is 0 Å². The molecule has 1 aliphatic rings. The predicted molar refractivity (Wildman–Crippen MR) is 80.2 cm³/mol. The van der Waals surface area contributed by atoms with Crippen molar-refractivity contribution in [3.05, 3.63) is 17.0 Å². The third kappa shape index (κ3) is 3.87. The van der Waals surface area contributed by atoms with Crippen molar-refractivity contribution in [3.63, 3.8) is 0 Å². The molecule has 122 valence electrons. The van der Waals surface area contributed by atoms with E-state index >= 15 is 0 Å². The quantitative estimate of drug-likeness (QED) is 0.778. The molecule has 22 heavy (non-hydrogen) atoms. The topological polar surface area (TPSA) is 72.6 Å². The molecule has 0 unspecified atom stereocenters.